The highest BCUT2D eigenvalue weighted by molar-refractivity contribution is 5.29. The minimum atomic E-state index is 0.534. The molecule has 0 fully saturated rings. The number of hydrogen-bond donors (Lipinski definition) is 1. The lowest BCUT2D eigenvalue weighted by molar-refractivity contribution is 0.274. The summed E-state index contributed by atoms with van der Waals surface area (Å²) in [6.45, 7) is 3.00. The van der Waals surface area contributed by atoms with Crippen molar-refractivity contribution in [2.75, 3.05) is 13.6 Å². The molecule has 0 amide bonds. The molecule has 2 heterocycles. The molecule has 1 unspecified atom stereocenters. The molecule has 0 bridgehead atoms. The minimum Gasteiger partial charge on any atom is -0.308 e. The predicted octanol–water partition coefficient (Wildman–Crippen LogP) is 1.57. The first-order chi connectivity index (χ1) is 9.70. The summed E-state index contributed by atoms with van der Waals surface area (Å²) in [5.74, 6) is 0. The van der Waals surface area contributed by atoms with E-state index in [-0.39, 0.29) is 0 Å². The molecule has 20 heavy (non-hydrogen) atoms. The predicted molar refractivity (Wildman–Crippen MR) is 80.3 cm³/mol. The van der Waals surface area contributed by atoms with Gasteiger partial charge in [0.05, 0.1) is 6.20 Å². The van der Waals surface area contributed by atoms with Crippen molar-refractivity contribution < 1.29 is 0 Å². The van der Waals surface area contributed by atoms with E-state index in [1.165, 1.54) is 16.7 Å². The van der Waals surface area contributed by atoms with E-state index in [9.17, 15) is 0 Å². The number of benzene rings is 1. The summed E-state index contributed by atoms with van der Waals surface area (Å²) in [6.07, 6.45) is 5.15. The first-order valence-corrected chi connectivity index (χ1v) is 7.17. The molecule has 2 aromatic rings. The van der Waals surface area contributed by atoms with E-state index in [2.05, 4.69) is 52.8 Å². The van der Waals surface area contributed by atoms with Crippen LogP contribution in [0.3, 0.4) is 0 Å². The van der Waals surface area contributed by atoms with Gasteiger partial charge in [-0.15, -0.1) is 0 Å². The normalized spacial score (nSPS) is 18.2. The van der Waals surface area contributed by atoms with Crippen molar-refractivity contribution in [3.05, 3.63) is 53.3 Å². The van der Waals surface area contributed by atoms with Crippen LogP contribution in [0.15, 0.2) is 36.7 Å². The van der Waals surface area contributed by atoms with Gasteiger partial charge >= 0.3 is 0 Å². The van der Waals surface area contributed by atoms with Gasteiger partial charge in [0.1, 0.15) is 0 Å². The molecule has 3 rings (SSSR count). The molecule has 1 atom stereocenters. The van der Waals surface area contributed by atoms with E-state index in [0.29, 0.717) is 6.04 Å². The zero-order chi connectivity index (χ0) is 13.9. The molecule has 0 spiro atoms. The van der Waals surface area contributed by atoms with Gasteiger partial charge in [0.15, 0.2) is 0 Å². The van der Waals surface area contributed by atoms with Crippen molar-refractivity contribution in [2.24, 2.45) is 7.05 Å². The van der Waals surface area contributed by atoms with Gasteiger partial charge in [-0.25, -0.2) is 0 Å². The topological polar surface area (TPSA) is 33.1 Å². The minimum absolute atomic E-state index is 0.534. The van der Waals surface area contributed by atoms with Crippen LogP contribution >= 0.6 is 0 Å². The lowest BCUT2D eigenvalue weighted by Gasteiger charge is -2.29. The Morgan fingerprint density at radius 2 is 2.15 bits per heavy atom. The SMILES string of the molecule is CN(Cc1cnn(C)c1)CC1Cc2ccccc2CN1. The van der Waals surface area contributed by atoms with Crippen molar-refractivity contribution in [3.8, 4) is 0 Å². The highest BCUT2D eigenvalue weighted by Gasteiger charge is 2.18. The highest BCUT2D eigenvalue weighted by atomic mass is 15.2. The summed E-state index contributed by atoms with van der Waals surface area (Å²) in [6, 6.07) is 9.27. The summed E-state index contributed by atoms with van der Waals surface area (Å²) in [5, 5.41) is 7.86. The standard InChI is InChI=1S/C16H22N4/c1-19(10-13-8-18-20(2)11-13)12-16-7-14-5-3-4-6-15(14)9-17-16/h3-6,8,11,16-17H,7,9-10,12H2,1-2H3. The summed E-state index contributed by atoms with van der Waals surface area (Å²) >= 11 is 0. The van der Waals surface area contributed by atoms with Crippen LogP contribution in [0.25, 0.3) is 0 Å². The van der Waals surface area contributed by atoms with Crippen LogP contribution in [-0.4, -0.2) is 34.3 Å². The molecular formula is C16H22N4. The zero-order valence-corrected chi connectivity index (χ0v) is 12.2. The maximum absolute atomic E-state index is 4.22. The summed E-state index contributed by atoms with van der Waals surface area (Å²) in [7, 11) is 4.14. The molecule has 4 heteroatoms. The number of likely N-dealkylation sites (N-methyl/N-ethyl adjacent to an activating group) is 1. The smallest absolute Gasteiger partial charge is 0.0534 e. The number of nitrogens with one attached hydrogen (secondary N) is 1. The zero-order valence-electron chi connectivity index (χ0n) is 12.2. The Kier molecular flexibility index (Phi) is 3.85. The van der Waals surface area contributed by atoms with Crippen molar-refractivity contribution in [1.82, 2.24) is 20.0 Å². The van der Waals surface area contributed by atoms with Gasteiger partial charge in [-0.2, -0.15) is 5.10 Å². The molecule has 1 N–H and O–H groups in total. The van der Waals surface area contributed by atoms with Crippen molar-refractivity contribution in [1.29, 1.82) is 0 Å². The fraction of sp³-hybridized carbons (Fsp3) is 0.438. The second-order valence-corrected chi connectivity index (χ2v) is 5.77. The third kappa shape index (κ3) is 3.08. The average molecular weight is 270 g/mol. The van der Waals surface area contributed by atoms with Crippen LogP contribution in [0.1, 0.15) is 16.7 Å². The van der Waals surface area contributed by atoms with Gasteiger partial charge in [-0.3, -0.25) is 4.68 Å². The fourth-order valence-corrected chi connectivity index (χ4v) is 2.96. The van der Waals surface area contributed by atoms with Crippen molar-refractivity contribution in [2.45, 2.75) is 25.6 Å². The Balaban J connectivity index is 1.56. The maximum Gasteiger partial charge on any atom is 0.0534 e. The molecule has 1 aliphatic heterocycles. The molecular weight excluding hydrogens is 248 g/mol. The quantitative estimate of drug-likeness (QED) is 0.915. The van der Waals surface area contributed by atoms with E-state index < -0.39 is 0 Å². The first-order valence-electron chi connectivity index (χ1n) is 7.17. The van der Waals surface area contributed by atoms with Crippen molar-refractivity contribution in [3.63, 3.8) is 0 Å². The van der Waals surface area contributed by atoms with Crippen LogP contribution in [0.4, 0.5) is 0 Å². The van der Waals surface area contributed by atoms with Crippen LogP contribution < -0.4 is 5.32 Å². The van der Waals surface area contributed by atoms with E-state index in [0.717, 1.165) is 26.1 Å². The maximum atomic E-state index is 4.22. The first kappa shape index (κ1) is 13.3. The van der Waals surface area contributed by atoms with Gasteiger partial charge in [-0.1, -0.05) is 24.3 Å². The van der Waals surface area contributed by atoms with E-state index in [4.69, 9.17) is 0 Å². The molecule has 106 valence electrons. The van der Waals surface area contributed by atoms with Gasteiger partial charge in [-0.05, 0) is 24.6 Å². The number of nitrogens with zero attached hydrogens (tertiary/aromatic N) is 3. The Labute approximate surface area is 120 Å². The number of rotatable bonds is 4. The molecule has 1 aliphatic rings. The molecule has 0 radical (unpaired) electrons. The van der Waals surface area contributed by atoms with Gasteiger partial charge in [0.25, 0.3) is 0 Å². The Morgan fingerprint density at radius 3 is 2.90 bits per heavy atom. The Hall–Kier alpha value is -1.65. The Morgan fingerprint density at radius 1 is 1.35 bits per heavy atom. The molecule has 1 aromatic heterocycles. The fourth-order valence-electron chi connectivity index (χ4n) is 2.96. The number of aromatic nitrogens is 2. The van der Waals surface area contributed by atoms with Gasteiger partial charge in [0, 0.05) is 44.5 Å². The largest absolute Gasteiger partial charge is 0.308 e. The van der Waals surface area contributed by atoms with E-state index >= 15 is 0 Å². The van der Waals surface area contributed by atoms with Crippen LogP contribution in [-0.2, 0) is 26.6 Å². The second-order valence-electron chi connectivity index (χ2n) is 5.77. The monoisotopic (exact) mass is 270 g/mol. The van der Waals surface area contributed by atoms with E-state index in [1.54, 1.807) is 0 Å². The molecule has 4 nitrogen and oxygen atoms in total. The molecule has 0 saturated heterocycles. The Bertz CT molecular complexity index is 575. The summed E-state index contributed by atoms with van der Waals surface area (Å²) in [5.41, 5.74) is 4.20. The molecule has 0 saturated carbocycles. The van der Waals surface area contributed by atoms with E-state index in [1.807, 2.05) is 17.9 Å². The highest BCUT2D eigenvalue weighted by Crippen LogP contribution is 2.17. The van der Waals surface area contributed by atoms with Gasteiger partial charge in [0.2, 0.25) is 0 Å². The summed E-state index contributed by atoms with van der Waals surface area (Å²) in [4.78, 5) is 2.36. The third-order valence-electron chi connectivity index (χ3n) is 3.91. The molecule has 1 aromatic carbocycles. The van der Waals surface area contributed by atoms with Crippen LogP contribution in [0.2, 0.25) is 0 Å². The lowest BCUT2D eigenvalue weighted by Crippen LogP contribution is -2.43. The lowest BCUT2D eigenvalue weighted by atomic mass is 9.95. The number of aryl methyl sites for hydroxylation is 1. The van der Waals surface area contributed by atoms with Crippen LogP contribution in [0, 0.1) is 0 Å². The second kappa shape index (κ2) is 5.77. The van der Waals surface area contributed by atoms with Crippen LogP contribution in [0.5, 0.6) is 0 Å². The van der Waals surface area contributed by atoms with Crippen molar-refractivity contribution >= 4 is 0 Å². The average Bonchev–Trinajstić information content (AvgIpc) is 2.83. The number of fused-ring (bicyclic) bond motifs is 1. The third-order valence-corrected chi connectivity index (χ3v) is 3.91. The van der Waals surface area contributed by atoms with Gasteiger partial charge < -0.3 is 10.2 Å². The molecule has 0 aliphatic carbocycles. The number of hydrogen-bond acceptors (Lipinski definition) is 3. The summed E-state index contributed by atoms with van der Waals surface area (Å²) < 4.78 is 1.86.